The molecular formula is C13H25BN2O6. The van der Waals surface area contributed by atoms with E-state index in [2.05, 4.69) is 10.3 Å². The molecule has 0 bridgehead atoms. The number of anilines is 1. The highest BCUT2D eigenvalue weighted by Crippen LogP contribution is 2.19. The van der Waals surface area contributed by atoms with E-state index in [1.165, 1.54) is 6.92 Å². The van der Waals surface area contributed by atoms with Gasteiger partial charge in [0.1, 0.15) is 5.82 Å². The SMILES string of the molecule is CC(=O)Nc1ccccn1.CC(C)(O)C(C)(C)O.OB(O)O. The Bertz CT molecular complexity index is 400. The van der Waals surface area contributed by atoms with Crippen molar-refractivity contribution in [3.63, 3.8) is 0 Å². The third kappa shape index (κ3) is 14.9. The van der Waals surface area contributed by atoms with Crippen LogP contribution in [0.5, 0.6) is 0 Å². The van der Waals surface area contributed by atoms with Crippen LogP contribution in [0, 0.1) is 0 Å². The van der Waals surface area contributed by atoms with Gasteiger partial charge in [0, 0.05) is 13.1 Å². The van der Waals surface area contributed by atoms with Crippen LogP contribution < -0.4 is 5.32 Å². The van der Waals surface area contributed by atoms with Gasteiger partial charge in [0.05, 0.1) is 11.2 Å². The minimum atomic E-state index is -2.17. The molecule has 9 heteroatoms. The summed E-state index contributed by atoms with van der Waals surface area (Å²) in [6.07, 6.45) is 1.63. The molecule has 1 aromatic rings. The predicted octanol–water partition coefficient (Wildman–Crippen LogP) is -0.484. The van der Waals surface area contributed by atoms with Gasteiger partial charge in [0.15, 0.2) is 0 Å². The van der Waals surface area contributed by atoms with Crippen LogP contribution in [0.15, 0.2) is 24.4 Å². The number of hydrogen-bond acceptors (Lipinski definition) is 7. The second-order valence-corrected chi connectivity index (χ2v) is 5.36. The number of nitrogens with one attached hydrogen (secondary N) is 1. The van der Waals surface area contributed by atoms with E-state index in [-0.39, 0.29) is 5.91 Å². The molecule has 0 unspecified atom stereocenters. The highest BCUT2D eigenvalue weighted by molar-refractivity contribution is 6.30. The van der Waals surface area contributed by atoms with Crippen LogP contribution in [-0.4, -0.2) is 54.7 Å². The van der Waals surface area contributed by atoms with Crippen molar-refractivity contribution in [1.82, 2.24) is 4.98 Å². The highest BCUT2D eigenvalue weighted by Gasteiger charge is 2.31. The van der Waals surface area contributed by atoms with Gasteiger partial charge < -0.3 is 30.6 Å². The number of nitrogens with zero attached hydrogens (tertiary/aromatic N) is 1. The van der Waals surface area contributed by atoms with Crippen LogP contribution in [0.25, 0.3) is 0 Å². The maximum atomic E-state index is 10.5. The van der Waals surface area contributed by atoms with Gasteiger partial charge in [-0.25, -0.2) is 4.98 Å². The molecule has 22 heavy (non-hydrogen) atoms. The van der Waals surface area contributed by atoms with E-state index in [0.29, 0.717) is 5.82 Å². The first-order valence-electron chi connectivity index (χ1n) is 6.45. The Balaban J connectivity index is 0. The lowest BCUT2D eigenvalue weighted by Gasteiger charge is -2.31. The molecule has 0 aliphatic carbocycles. The van der Waals surface area contributed by atoms with E-state index in [9.17, 15) is 4.79 Å². The summed E-state index contributed by atoms with van der Waals surface area (Å²) in [5.41, 5.74) is -2.01. The monoisotopic (exact) mass is 316 g/mol. The van der Waals surface area contributed by atoms with E-state index in [0.717, 1.165) is 0 Å². The van der Waals surface area contributed by atoms with E-state index >= 15 is 0 Å². The van der Waals surface area contributed by atoms with Gasteiger partial charge in [0.2, 0.25) is 5.91 Å². The minimum absolute atomic E-state index is 0.0984. The van der Waals surface area contributed by atoms with E-state index < -0.39 is 18.5 Å². The standard InChI is InChI=1S/C7H8N2O.C6H14O2.BH3O3/c1-6(10)9-7-4-2-3-5-8-7;1-5(2,7)6(3,4)8;2-1(3)4/h2-5H,1H3,(H,8,9,10);7-8H,1-4H3;2-4H. The second kappa shape index (κ2) is 10.3. The molecule has 0 fully saturated rings. The van der Waals surface area contributed by atoms with Crippen molar-refractivity contribution < 1.29 is 30.1 Å². The zero-order valence-corrected chi connectivity index (χ0v) is 13.5. The third-order valence-electron chi connectivity index (χ3n) is 2.47. The summed E-state index contributed by atoms with van der Waals surface area (Å²) >= 11 is 0. The molecule has 0 aliphatic heterocycles. The van der Waals surface area contributed by atoms with Gasteiger partial charge in [-0.1, -0.05) is 6.07 Å². The summed E-state index contributed by atoms with van der Waals surface area (Å²) < 4.78 is 0. The lowest BCUT2D eigenvalue weighted by molar-refractivity contribution is -0.114. The van der Waals surface area contributed by atoms with E-state index in [1.54, 1.807) is 46.0 Å². The first kappa shape index (κ1) is 22.8. The Morgan fingerprint density at radius 1 is 1.09 bits per heavy atom. The van der Waals surface area contributed by atoms with Crippen molar-refractivity contribution in [2.75, 3.05) is 5.32 Å². The van der Waals surface area contributed by atoms with Gasteiger partial charge in [-0.3, -0.25) is 4.79 Å². The summed E-state index contributed by atoms with van der Waals surface area (Å²) in [6, 6.07) is 5.35. The molecule has 0 aliphatic rings. The normalized spacial score (nSPS) is 10.5. The fourth-order valence-corrected chi connectivity index (χ4v) is 0.617. The summed E-state index contributed by atoms with van der Waals surface area (Å²) in [6.45, 7) is 7.76. The third-order valence-corrected chi connectivity index (χ3v) is 2.47. The highest BCUT2D eigenvalue weighted by atomic mass is 16.5. The quantitative estimate of drug-likeness (QED) is 0.404. The van der Waals surface area contributed by atoms with Crippen LogP contribution in [-0.2, 0) is 4.79 Å². The molecule has 0 saturated carbocycles. The summed E-state index contributed by atoms with van der Waals surface area (Å²) in [5.74, 6) is 0.494. The van der Waals surface area contributed by atoms with Crippen LogP contribution in [0.2, 0.25) is 0 Å². The van der Waals surface area contributed by atoms with Crippen molar-refractivity contribution in [2.45, 2.75) is 45.8 Å². The number of aromatic nitrogens is 1. The fraction of sp³-hybridized carbons (Fsp3) is 0.538. The molecule has 1 heterocycles. The number of carbonyl (C=O) groups is 1. The summed E-state index contributed by atoms with van der Waals surface area (Å²) in [7, 11) is -2.17. The van der Waals surface area contributed by atoms with Gasteiger partial charge in [-0.05, 0) is 39.8 Å². The lowest BCUT2D eigenvalue weighted by atomic mass is 9.90. The second-order valence-electron chi connectivity index (χ2n) is 5.36. The smallest absolute Gasteiger partial charge is 0.402 e. The lowest BCUT2D eigenvalue weighted by Crippen LogP contribution is -2.44. The van der Waals surface area contributed by atoms with Gasteiger partial charge in [0.25, 0.3) is 0 Å². The Morgan fingerprint density at radius 2 is 1.50 bits per heavy atom. The van der Waals surface area contributed by atoms with Crippen molar-refractivity contribution in [2.24, 2.45) is 0 Å². The van der Waals surface area contributed by atoms with Gasteiger partial charge >= 0.3 is 7.32 Å². The number of pyridine rings is 1. The van der Waals surface area contributed by atoms with Crippen molar-refractivity contribution in [3.05, 3.63) is 24.4 Å². The zero-order valence-electron chi connectivity index (χ0n) is 13.5. The molecule has 0 aromatic carbocycles. The zero-order chi connectivity index (χ0) is 18.0. The number of aliphatic hydroxyl groups is 2. The molecule has 126 valence electrons. The average Bonchev–Trinajstić information content (AvgIpc) is 2.26. The number of carbonyl (C=O) groups excluding carboxylic acids is 1. The molecule has 0 atom stereocenters. The first-order valence-corrected chi connectivity index (χ1v) is 6.45. The van der Waals surface area contributed by atoms with E-state index in [1.807, 2.05) is 6.07 Å². The van der Waals surface area contributed by atoms with Crippen LogP contribution in [0.1, 0.15) is 34.6 Å². The van der Waals surface area contributed by atoms with Crippen molar-refractivity contribution >= 4 is 19.0 Å². The van der Waals surface area contributed by atoms with Crippen molar-refractivity contribution in [3.8, 4) is 0 Å². The average molecular weight is 316 g/mol. The Kier molecular flexibility index (Phi) is 10.6. The van der Waals surface area contributed by atoms with Crippen molar-refractivity contribution in [1.29, 1.82) is 0 Å². The maximum absolute atomic E-state index is 10.5. The molecule has 1 rings (SSSR count). The molecule has 0 spiro atoms. The molecular weight excluding hydrogens is 291 g/mol. The molecule has 1 amide bonds. The fourth-order valence-electron chi connectivity index (χ4n) is 0.617. The maximum Gasteiger partial charge on any atom is 0.631 e. The Labute approximate surface area is 130 Å². The minimum Gasteiger partial charge on any atom is -0.402 e. The number of hydrogen-bond donors (Lipinski definition) is 6. The molecule has 1 aromatic heterocycles. The molecule has 6 N–H and O–H groups in total. The molecule has 8 nitrogen and oxygen atoms in total. The van der Waals surface area contributed by atoms with Crippen LogP contribution >= 0.6 is 0 Å². The largest absolute Gasteiger partial charge is 0.631 e. The predicted molar refractivity (Wildman–Crippen MR) is 83.5 cm³/mol. The van der Waals surface area contributed by atoms with Crippen LogP contribution in [0.3, 0.4) is 0 Å². The Hall–Kier alpha value is -1.52. The van der Waals surface area contributed by atoms with Gasteiger partial charge in [-0.15, -0.1) is 0 Å². The van der Waals surface area contributed by atoms with Gasteiger partial charge in [-0.2, -0.15) is 0 Å². The Morgan fingerprint density at radius 3 is 1.73 bits per heavy atom. The molecule has 0 saturated heterocycles. The molecule has 0 radical (unpaired) electrons. The first-order chi connectivity index (χ1) is 9.77. The van der Waals surface area contributed by atoms with E-state index in [4.69, 9.17) is 25.3 Å². The number of amides is 1. The number of rotatable bonds is 2. The van der Waals surface area contributed by atoms with Crippen LogP contribution in [0.4, 0.5) is 5.82 Å². The summed E-state index contributed by atoms with van der Waals surface area (Å²) in [4.78, 5) is 14.3. The topological polar surface area (TPSA) is 143 Å². The summed E-state index contributed by atoms with van der Waals surface area (Å²) in [5, 5.41) is 42.3.